The molecule has 0 bridgehead atoms. The standard InChI is InChI=1S/C28H50N4O3/c1-8-9-12-32-27(34)19(4)13-23(29)24(30)16-21(18(2)3)14-20-10-11-22(28(5,6)7)25(15-20)35-17-26(31)33/h10-11,15,18-19,21,23-24H,8-9,12-14,16-17,29-30H2,1-7H3,(H2,31,33)(H,32,34). The van der Waals surface area contributed by atoms with E-state index in [-0.39, 0.29) is 35.9 Å². The Balaban J connectivity index is 2.88. The summed E-state index contributed by atoms with van der Waals surface area (Å²) >= 11 is 0. The fourth-order valence-corrected chi connectivity index (χ4v) is 4.25. The predicted molar refractivity (Wildman–Crippen MR) is 144 cm³/mol. The first kappa shape index (κ1) is 30.9. The quantitative estimate of drug-likeness (QED) is 0.279. The van der Waals surface area contributed by atoms with Crippen molar-refractivity contribution < 1.29 is 14.3 Å². The van der Waals surface area contributed by atoms with Gasteiger partial charge in [-0.15, -0.1) is 0 Å². The summed E-state index contributed by atoms with van der Waals surface area (Å²) in [5.74, 6) is 0.794. The average molecular weight is 491 g/mol. The number of rotatable bonds is 15. The van der Waals surface area contributed by atoms with E-state index in [1.165, 1.54) is 0 Å². The van der Waals surface area contributed by atoms with Crippen molar-refractivity contribution in [1.82, 2.24) is 5.32 Å². The smallest absolute Gasteiger partial charge is 0.255 e. The fourth-order valence-electron chi connectivity index (χ4n) is 4.25. The predicted octanol–water partition coefficient (Wildman–Crippen LogP) is 3.65. The molecule has 0 spiro atoms. The molecule has 0 radical (unpaired) electrons. The molecule has 1 aromatic carbocycles. The number of unbranched alkanes of at least 4 members (excludes halogenated alkanes) is 1. The topological polar surface area (TPSA) is 133 Å². The molecule has 2 amide bonds. The molecule has 7 nitrogen and oxygen atoms in total. The Kier molecular flexibility index (Phi) is 12.8. The van der Waals surface area contributed by atoms with E-state index in [2.05, 4.69) is 59.0 Å². The third kappa shape index (κ3) is 11.0. The van der Waals surface area contributed by atoms with Gasteiger partial charge in [-0.2, -0.15) is 0 Å². The second-order valence-corrected chi connectivity index (χ2v) is 11.4. The van der Waals surface area contributed by atoms with Crippen LogP contribution in [0.5, 0.6) is 5.75 Å². The Morgan fingerprint density at radius 1 is 1.06 bits per heavy atom. The van der Waals surface area contributed by atoms with Crippen molar-refractivity contribution in [3.63, 3.8) is 0 Å². The molecule has 4 atom stereocenters. The van der Waals surface area contributed by atoms with Crippen LogP contribution in [0.25, 0.3) is 0 Å². The van der Waals surface area contributed by atoms with E-state index < -0.39 is 5.91 Å². The molecule has 0 saturated carbocycles. The van der Waals surface area contributed by atoms with E-state index in [9.17, 15) is 9.59 Å². The molecule has 7 heteroatoms. The van der Waals surface area contributed by atoms with Crippen molar-refractivity contribution >= 4 is 11.8 Å². The van der Waals surface area contributed by atoms with Crippen LogP contribution in [0.3, 0.4) is 0 Å². The van der Waals surface area contributed by atoms with Crippen LogP contribution >= 0.6 is 0 Å². The van der Waals surface area contributed by atoms with E-state index in [1.807, 2.05) is 13.0 Å². The highest BCUT2D eigenvalue weighted by Gasteiger charge is 2.26. The second-order valence-electron chi connectivity index (χ2n) is 11.4. The zero-order chi connectivity index (χ0) is 26.8. The van der Waals surface area contributed by atoms with Crippen molar-refractivity contribution in [1.29, 1.82) is 0 Å². The average Bonchev–Trinajstić information content (AvgIpc) is 2.76. The second kappa shape index (κ2) is 14.4. The lowest BCUT2D eigenvalue weighted by atomic mass is 9.80. The number of nitrogens with one attached hydrogen (secondary N) is 1. The van der Waals surface area contributed by atoms with Crippen LogP contribution in [-0.2, 0) is 21.4 Å². The third-order valence-corrected chi connectivity index (χ3v) is 6.69. The highest BCUT2D eigenvalue weighted by molar-refractivity contribution is 5.78. The molecule has 0 fully saturated rings. The molecule has 0 aliphatic rings. The van der Waals surface area contributed by atoms with Gasteiger partial charge in [-0.05, 0) is 60.1 Å². The molecule has 200 valence electrons. The highest BCUT2D eigenvalue weighted by atomic mass is 16.5. The molecule has 35 heavy (non-hydrogen) atoms. The first-order valence-electron chi connectivity index (χ1n) is 13.1. The van der Waals surface area contributed by atoms with Gasteiger partial charge in [0.2, 0.25) is 5.91 Å². The fraction of sp³-hybridized carbons (Fsp3) is 0.714. The molecule has 0 heterocycles. The van der Waals surface area contributed by atoms with Crippen LogP contribution in [0.1, 0.15) is 85.3 Å². The Morgan fingerprint density at radius 2 is 1.69 bits per heavy atom. The van der Waals surface area contributed by atoms with Gasteiger partial charge in [0.25, 0.3) is 5.91 Å². The maximum Gasteiger partial charge on any atom is 0.255 e. The van der Waals surface area contributed by atoms with Crippen molar-refractivity contribution in [2.24, 2.45) is 35.0 Å². The van der Waals surface area contributed by atoms with E-state index >= 15 is 0 Å². The highest BCUT2D eigenvalue weighted by Crippen LogP contribution is 2.34. The molecule has 0 saturated heterocycles. The van der Waals surface area contributed by atoms with Crippen LogP contribution < -0.4 is 27.3 Å². The molecule has 0 aliphatic carbocycles. The van der Waals surface area contributed by atoms with Crippen molar-refractivity contribution in [3.8, 4) is 5.75 Å². The van der Waals surface area contributed by atoms with E-state index in [0.717, 1.165) is 36.8 Å². The largest absolute Gasteiger partial charge is 0.483 e. The lowest BCUT2D eigenvalue weighted by Crippen LogP contribution is -2.46. The van der Waals surface area contributed by atoms with E-state index in [4.69, 9.17) is 21.9 Å². The summed E-state index contributed by atoms with van der Waals surface area (Å²) in [6.45, 7) is 15.3. The minimum Gasteiger partial charge on any atom is -0.483 e. The number of amides is 2. The number of nitrogens with two attached hydrogens (primary N) is 3. The molecule has 4 unspecified atom stereocenters. The summed E-state index contributed by atoms with van der Waals surface area (Å²) in [7, 11) is 0. The summed E-state index contributed by atoms with van der Waals surface area (Å²) in [6, 6.07) is 5.77. The van der Waals surface area contributed by atoms with Gasteiger partial charge in [0.15, 0.2) is 6.61 Å². The lowest BCUT2D eigenvalue weighted by molar-refractivity contribution is -0.124. The van der Waals surface area contributed by atoms with Gasteiger partial charge in [0, 0.05) is 24.5 Å². The number of carbonyl (C=O) groups is 2. The van der Waals surface area contributed by atoms with Crippen LogP contribution in [0.4, 0.5) is 0 Å². The first-order chi connectivity index (χ1) is 16.3. The number of benzene rings is 1. The van der Waals surface area contributed by atoms with Gasteiger partial charge >= 0.3 is 0 Å². The summed E-state index contributed by atoms with van der Waals surface area (Å²) in [6.07, 6.45) is 4.18. The number of carbonyl (C=O) groups excluding carboxylic acids is 2. The molecule has 0 aromatic heterocycles. The van der Waals surface area contributed by atoms with Gasteiger partial charge in [0.05, 0.1) is 0 Å². The van der Waals surface area contributed by atoms with Gasteiger partial charge in [-0.25, -0.2) is 0 Å². The minimum absolute atomic E-state index is 0.0453. The molecular weight excluding hydrogens is 440 g/mol. The van der Waals surface area contributed by atoms with Gasteiger partial charge < -0.3 is 27.3 Å². The van der Waals surface area contributed by atoms with Crippen molar-refractivity contribution in [2.75, 3.05) is 13.2 Å². The van der Waals surface area contributed by atoms with Gasteiger partial charge in [-0.3, -0.25) is 9.59 Å². The summed E-state index contributed by atoms with van der Waals surface area (Å²) in [4.78, 5) is 23.6. The van der Waals surface area contributed by atoms with Crippen LogP contribution in [-0.4, -0.2) is 37.0 Å². The minimum atomic E-state index is -0.497. The monoisotopic (exact) mass is 490 g/mol. The van der Waals surface area contributed by atoms with Crippen molar-refractivity contribution in [3.05, 3.63) is 29.3 Å². The number of primary amides is 1. The Morgan fingerprint density at radius 3 is 2.23 bits per heavy atom. The Bertz CT molecular complexity index is 804. The SMILES string of the molecule is CCCCNC(=O)C(C)CC(N)C(N)CC(Cc1ccc(C(C)(C)C)c(OCC(N)=O)c1)C(C)C. The Hall–Kier alpha value is -2.12. The summed E-state index contributed by atoms with van der Waals surface area (Å²) in [5.41, 5.74) is 20.3. The lowest BCUT2D eigenvalue weighted by Gasteiger charge is -2.29. The van der Waals surface area contributed by atoms with Crippen LogP contribution in [0.2, 0.25) is 0 Å². The summed E-state index contributed by atoms with van der Waals surface area (Å²) < 4.78 is 5.77. The van der Waals surface area contributed by atoms with E-state index in [0.29, 0.717) is 30.6 Å². The molecule has 7 N–H and O–H groups in total. The number of ether oxygens (including phenoxy) is 1. The summed E-state index contributed by atoms with van der Waals surface area (Å²) in [5, 5.41) is 2.98. The molecule has 1 rings (SSSR count). The van der Waals surface area contributed by atoms with Crippen LogP contribution in [0.15, 0.2) is 18.2 Å². The zero-order valence-electron chi connectivity index (χ0n) is 23.0. The van der Waals surface area contributed by atoms with Gasteiger partial charge in [0.1, 0.15) is 5.75 Å². The molecule has 1 aromatic rings. The Labute approximate surface area is 212 Å². The third-order valence-electron chi connectivity index (χ3n) is 6.69. The number of hydrogen-bond donors (Lipinski definition) is 4. The molecular formula is C28H50N4O3. The normalized spacial score (nSPS) is 15.4. The number of hydrogen-bond acceptors (Lipinski definition) is 5. The van der Waals surface area contributed by atoms with E-state index in [1.54, 1.807) is 0 Å². The maximum atomic E-state index is 12.3. The molecule has 0 aliphatic heterocycles. The van der Waals surface area contributed by atoms with Crippen LogP contribution in [0, 0.1) is 17.8 Å². The first-order valence-corrected chi connectivity index (χ1v) is 13.1. The maximum absolute atomic E-state index is 12.3. The van der Waals surface area contributed by atoms with Crippen molar-refractivity contribution in [2.45, 2.75) is 98.1 Å². The zero-order valence-corrected chi connectivity index (χ0v) is 23.0. The van der Waals surface area contributed by atoms with Gasteiger partial charge in [-0.1, -0.05) is 67.0 Å².